The van der Waals surface area contributed by atoms with Crippen LogP contribution in [0.15, 0.2) is 41.4 Å². The standard InChI is InChI=1S/C15H15N3O6S/c1-9(19)10-2-3-11(16-7-10)8-17-25(23,24)12-4-5-14(20)13(6-12)15(21)18-22/h2-7,17,20,22H,8H2,1H3,(H,18,21). The molecule has 0 aliphatic heterocycles. The van der Waals surface area contributed by atoms with Gasteiger partial charge in [0.25, 0.3) is 5.91 Å². The average Bonchev–Trinajstić information content (AvgIpc) is 2.60. The molecule has 132 valence electrons. The lowest BCUT2D eigenvalue weighted by Crippen LogP contribution is -2.25. The Bertz CT molecular complexity index is 909. The zero-order chi connectivity index (χ0) is 18.6. The van der Waals surface area contributed by atoms with Crippen LogP contribution in [0.4, 0.5) is 0 Å². The Morgan fingerprint density at radius 2 is 1.92 bits per heavy atom. The van der Waals surface area contributed by atoms with Crippen LogP contribution in [0.5, 0.6) is 5.75 Å². The third-order valence-electron chi connectivity index (χ3n) is 3.30. The van der Waals surface area contributed by atoms with Gasteiger partial charge in [-0.15, -0.1) is 0 Å². The van der Waals surface area contributed by atoms with E-state index in [9.17, 15) is 23.1 Å². The number of aromatic hydroxyl groups is 1. The van der Waals surface area contributed by atoms with Crippen molar-refractivity contribution in [1.82, 2.24) is 15.2 Å². The van der Waals surface area contributed by atoms with Gasteiger partial charge in [-0.05, 0) is 37.3 Å². The number of carbonyl (C=O) groups excluding carboxylic acids is 2. The summed E-state index contributed by atoms with van der Waals surface area (Å²) in [5.41, 5.74) is 1.72. The summed E-state index contributed by atoms with van der Waals surface area (Å²) in [7, 11) is -4.00. The molecule has 2 aromatic rings. The molecule has 0 radical (unpaired) electrons. The van der Waals surface area contributed by atoms with Crippen LogP contribution >= 0.6 is 0 Å². The number of benzene rings is 1. The van der Waals surface area contributed by atoms with Crippen LogP contribution in [0.3, 0.4) is 0 Å². The summed E-state index contributed by atoms with van der Waals surface area (Å²) in [4.78, 5) is 26.3. The van der Waals surface area contributed by atoms with Crippen molar-refractivity contribution in [3.63, 3.8) is 0 Å². The van der Waals surface area contributed by atoms with Gasteiger partial charge in [0.15, 0.2) is 5.78 Å². The molecular weight excluding hydrogens is 350 g/mol. The second-order valence-corrected chi connectivity index (χ2v) is 6.81. The molecule has 10 heteroatoms. The Balaban J connectivity index is 2.19. The molecule has 2 rings (SSSR count). The highest BCUT2D eigenvalue weighted by Gasteiger charge is 2.19. The van der Waals surface area contributed by atoms with Crippen LogP contribution in [0, 0.1) is 0 Å². The molecule has 1 aromatic carbocycles. The van der Waals surface area contributed by atoms with Gasteiger partial charge in [-0.2, -0.15) is 0 Å². The lowest BCUT2D eigenvalue weighted by atomic mass is 10.2. The summed E-state index contributed by atoms with van der Waals surface area (Å²) < 4.78 is 26.9. The number of carbonyl (C=O) groups is 2. The molecule has 9 nitrogen and oxygen atoms in total. The fraction of sp³-hybridized carbons (Fsp3) is 0.133. The number of amides is 1. The van der Waals surface area contributed by atoms with E-state index >= 15 is 0 Å². The Morgan fingerprint density at radius 3 is 2.48 bits per heavy atom. The zero-order valence-corrected chi connectivity index (χ0v) is 13.9. The lowest BCUT2D eigenvalue weighted by Gasteiger charge is -2.09. The third kappa shape index (κ3) is 4.38. The second kappa shape index (κ2) is 7.38. The first-order valence-electron chi connectivity index (χ1n) is 6.97. The highest BCUT2D eigenvalue weighted by molar-refractivity contribution is 7.89. The van der Waals surface area contributed by atoms with E-state index in [-0.39, 0.29) is 17.2 Å². The van der Waals surface area contributed by atoms with Gasteiger partial charge in [-0.3, -0.25) is 19.8 Å². The first-order chi connectivity index (χ1) is 11.7. The number of phenolic OH excluding ortho intramolecular Hbond substituents is 1. The fourth-order valence-electron chi connectivity index (χ4n) is 1.91. The quantitative estimate of drug-likeness (QED) is 0.333. The van der Waals surface area contributed by atoms with E-state index in [1.165, 1.54) is 30.7 Å². The van der Waals surface area contributed by atoms with Crippen molar-refractivity contribution >= 4 is 21.7 Å². The molecule has 0 saturated heterocycles. The topological polar surface area (TPSA) is 146 Å². The van der Waals surface area contributed by atoms with Gasteiger partial charge < -0.3 is 5.11 Å². The Labute approximate surface area is 143 Å². The third-order valence-corrected chi connectivity index (χ3v) is 4.70. The minimum Gasteiger partial charge on any atom is -0.507 e. The fourth-order valence-corrected chi connectivity index (χ4v) is 2.94. The molecule has 0 fully saturated rings. The molecule has 0 saturated carbocycles. The summed E-state index contributed by atoms with van der Waals surface area (Å²) in [6.07, 6.45) is 1.34. The van der Waals surface area contributed by atoms with Crippen molar-refractivity contribution in [2.24, 2.45) is 0 Å². The maximum absolute atomic E-state index is 12.3. The molecule has 0 unspecified atom stereocenters. The Hall–Kier alpha value is -2.82. The normalized spacial score (nSPS) is 11.1. The molecule has 0 bridgehead atoms. The van der Waals surface area contributed by atoms with Crippen LogP contribution in [-0.2, 0) is 16.6 Å². The van der Waals surface area contributed by atoms with Crippen molar-refractivity contribution in [2.75, 3.05) is 0 Å². The van der Waals surface area contributed by atoms with Gasteiger partial charge >= 0.3 is 0 Å². The van der Waals surface area contributed by atoms with Crippen molar-refractivity contribution in [2.45, 2.75) is 18.4 Å². The summed E-state index contributed by atoms with van der Waals surface area (Å²) in [6, 6.07) is 6.11. The minimum atomic E-state index is -4.00. The van der Waals surface area contributed by atoms with Crippen LogP contribution in [0.25, 0.3) is 0 Å². The predicted octanol–water partition coefficient (Wildman–Crippen LogP) is 0.587. The highest BCUT2D eigenvalue weighted by Crippen LogP contribution is 2.21. The Morgan fingerprint density at radius 1 is 1.20 bits per heavy atom. The second-order valence-electron chi connectivity index (χ2n) is 5.04. The van der Waals surface area contributed by atoms with Gasteiger partial charge in [0.1, 0.15) is 5.75 Å². The predicted molar refractivity (Wildman–Crippen MR) is 85.6 cm³/mol. The van der Waals surface area contributed by atoms with E-state index in [0.29, 0.717) is 11.3 Å². The molecule has 4 N–H and O–H groups in total. The maximum atomic E-state index is 12.3. The number of hydrogen-bond acceptors (Lipinski definition) is 7. The van der Waals surface area contributed by atoms with E-state index in [2.05, 4.69) is 9.71 Å². The molecule has 1 aromatic heterocycles. The Kier molecular flexibility index (Phi) is 5.47. The van der Waals surface area contributed by atoms with Crippen molar-refractivity contribution < 1.29 is 28.3 Å². The summed E-state index contributed by atoms with van der Waals surface area (Å²) in [5.74, 6) is -1.68. The molecule has 0 aliphatic rings. The molecule has 0 aliphatic carbocycles. The van der Waals surface area contributed by atoms with Crippen molar-refractivity contribution in [3.05, 3.63) is 53.3 Å². The van der Waals surface area contributed by atoms with E-state index in [4.69, 9.17) is 5.21 Å². The van der Waals surface area contributed by atoms with Gasteiger partial charge in [-0.25, -0.2) is 18.6 Å². The zero-order valence-electron chi connectivity index (χ0n) is 13.1. The van der Waals surface area contributed by atoms with E-state index < -0.39 is 27.2 Å². The molecule has 1 heterocycles. The lowest BCUT2D eigenvalue weighted by molar-refractivity contribution is 0.0703. The van der Waals surface area contributed by atoms with Gasteiger partial charge in [0.05, 0.1) is 22.7 Å². The monoisotopic (exact) mass is 365 g/mol. The number of nitrogens with zero attached hydrogens (tertiary/aromatic N) is 1. The van der Waals surface area contributed by atoms with Gasteiger partial charge in [0.2, 0.25) is 10.0 Å². The number of hydroxylamine groups is 1. The molecule has 0 atom stereocenters. The molecule has 25 heavy (non-hydrogen) atoms. The number of pyridine rings is 1. The number of sulfonamides is 1. The van der Waals surface area contributed by atoms with Crippen LogP contribution in [-0.4, -0.2) is 35.4 Å². The molecular formula is C15H15N3O6S. The van der Waals surface area contributed by atoms with Crippen molar-refractivity contribution in [3.8, 4) is 5.75 Å². The van der Waals surface area contributed by atoms with Crippen molar-refractivity contribution in [1.29, 1.82) is 0 Å². The number of nitrogens with one attached hydrogen (secondary N) is 2. The van der Waals surface area contributed by atoms with Crippen LogP contribution in [0.1, 0.15) is 33.3 Å². The first-order valence-corrected chi connectivity index (χ1v) is 8.46. The van der Waals surface area contributed by atoms with Gasteiger partial charge in [-0.1, -0.05) is 0 Å². The average molecular weight is 365 g/mol. The molecule has 0 spiro atoms. The SMILES string of the molecule is CC(=O)c1ccc(CNS(=O)(=O)c2ccc(O)c(C(=O)NO)c2)nc1. The van der Waals surface area contributed by atoms with Gasteiger partial charge in [0, 0.05) is 11.8 Å². The molecule has 1 amide bonds. The first kappa shape index (κ1) is 18.5. The maximum Gasteiger partial charge on any atom is 0.278 e. The number of phenols is 1. The highest BCUT2D eigenvalue weighted by atomic mass is 32.2. The number of hydrogen-bond donors (Lipinski definition) is 4. The summed E-state index contributed by atoms with van der Waals surface area (Å²) in [6.45, 7) is 1.26. The number of rotatable bonds is 6. The van der Waals surface area contributed by atoms with Crippen LogP contribution in [0.2, 0.25) is 0 Å². The van der Waals surface area contributed by atoms with Crippen LogP contribution < -0.4 is 10.2 Å². The van der Waals surface area contributed by atoms with E-state index in [1.807, 2.05) is 0 Å². The summed E-state index contributed by atoms with van der Waals surface area (Å²) in [5, 5.41) is 18.2. The van der Waals surface area contributed by atoms with E-state index in [1.54, 1.807) is 0 Å². The minimum absolute atomic E-state index is 0.136. The largest absolute Gasteiger partial charge is 0.507 e. The number of aromatic nitrogens is 1. The number of Topliss-reactive ketones (excluding diaryl/α,β-unsaturated/α-hetero) is 1. The van der Waals surface area contributed by atoms with E-state index in [0.717, 1.165) is 18.2 Å². The number of ketones is 1. The smallest absolute Gasteiger partial charge is 0.278 e. The summed E-state index contributed by atoms with van der Waals surface area (Å²) >= 11 is 0.